The summed E-state index contributed by atoms with van der Waals surface area (Å²) in [5.74, 6) is 1.91. The molecule has 37 heavy (non-hydrogen) atoms. The molecule has 0 aliphatic heterocycles. The highest BCUT2D eigenvalue weighted by Crippen LogP contribution is 2.36. The first-order valence-electron chi connectivity index (χ1n) is 11.5. The van der Waals surface area contributed by atoms with Crippen LogP contribution in [0, 0.1) is 18.3 Å². The van der Waals surface area contributed by atoms with Gasteiger partial charge >= 0.3 is 0 Å². The van der Waals surface area contributed by atoms with Crippen LogP contribution in [0.1, 0.15) is 16.7 Å². The number of nitriles is 1. The molecule has 9 nitrogen and oxygen atoms in total. The fourth-order valence-electron chi connectivity index (χ4n) is 4.52. The van der Waals surface area contributed by atoms with Crippen molar-refractivity contribution in [2.24, 2.45) is 0 Å². The van der Waals surface area contributed by atoms with E-state index in [1.807, 2.05) is 37.3 Å². The lowest BCUT2D eigenvalue weighted by molar-refractivity contribution is 0.355. The van der Waals surface area contributed by atoms with Gasteiger partial charge in [-0.1, -0.05) is 18.2 Å². The molecule has 9 heteroatoms. The number of pyridine rings is 1. The third-order valence-corrected chi connectivity index (χ3v) is 6.49. The second-order valence-corrected chi connectivity index (χ2v) is 8.60. The standard InChI is InChI=1S/C28H25N5O4/c1-16-5-6-18(14-29)11-21(16)33-27(30)25-26(31-33)20-12-23(36-3)24(37-4)13-22(20)32(28(25)34)15-17-7-9-19(35-2)10-8-17/h5-13H,15,30H2,1-4H3. The van der Waals surface area contributed by atoms with Crippen molar-refractivity contribution in [3.05, 3.63) is 81.6 Å². The minimum Gasteiger partial charge on any atom is -0.497 e. The van der Waals surface area contributed by atoms with Crippen LogP contribution in [0.2, 0.25) is 0 Å². The Hall–Kier alpha value is -4.97. The number of benzene rings is 3. The average Bonchev–Trinajstić information content (AvgIpc) is 3.27. The Morgan fingerprint density at radius 2 is 1.68 bits per heavy atom. The molecular formula is C28H25N5O4. The topological polar surface area (TPSA) is 117 Å². The Labute approximate surface area is 212 Å². The van der Waals surface area contributed by atoms with Crippen molar-refractivity contribution in [1.82, 2.24) is 14.3 Å². The maximum Gasteiger partial charge on any atom is 0.264 e. The molecule has 0 fully saturated rings. The molecule has 2 heterocycles. The van der Waals surface area contributed by atoms with Crippen LogP contribution in [-0.4, -0.2) is 35.7 Å². The number of aromatic nitrogens is 3. The number of rotatable bonds is 6. The zero-order valence-electron chi connectivity index (χ0n) is 20.9. The van der Waals surface area contributed by atoms with Gasteiger partial charge in [-0.15, -0.1) is 0 Å². The van der Waals surface area contributed by atoms with E-state index in [0.29, 0.717) is 39.2 Å². The van der Waals surface area contributed by atoms with Crippen LogP contribution >= 0.6 is 0 Å². The van der Waals surface area contributed by atoms with Crippen molar-refractivity contribution in [2.75, 3.05) is 27.1 Å². The molecular weight excluding hydrogens is 470 g/mol. The van der Waals surface area contributed by atoms with E-state index in [-0.39, 0.29) is 23.3 Å². The third kappa shape index (κ3) is 3.89. The number of methoxy groups -OCH3 is 3. The molecule has 0 atom stereocenters. The molecule has 0 bridgehead atoms. The van der Waals surface area contributed by atoms with Gasteiger partial charge in [0, 0.05) is 11.5 Å². The number of aryl methyl sites for hydroxylation is 1. The molecule has 2 aromatic heterocycles. The number of fused-ring (bicyclic) bond motifs is 3. The SMILES string of the molecule is COc1ccc(Cn2c(=O)c3c(N)n(-c4cc(C#N)ccc4C)nc3c3cc(OC)c(OC)cc32)cc1. The van der Waals surface area contributed by atoms with Crippen LogP contribution in [0.25, 0.3) is 27.5 Å². The van der Waals surface area contributed by atoms with Crippen LogP contribution in [0.4, 0.5) is 5.82 Å². The fourth-order valence-corrected chi connectivity index (χ4v) is 4.52. The predicted octanol–water partition coefficient (Wildman–Crippen LogP) is 4.18. The Kier molecular flexibility index (Phi) is 5.93. The van der Waals surface area contributed by atoms with Gasteiger partial charge in [-0.3, -0.25) is 4.79 Å². The number of hydrogen-bond acceptors (Lipinski definition) is 7. The summed E-state index contributed by atoms with van der Waals surface area (Å²) in [4.78, 5) is 14.0. The molecule has 0 radical (unpaired) electrons. The molecule has 0 saturated carbocycles. The number of anilines is 1. The molecule has 0 aliphatic rings. The predicted molar refractivity (Wildman–Crippen MR) is 142 cm³/mol. The normalized spacial score (nSPS) is 11.0. The molecule has 2 N–H and O–H groups in total. The van der Waals surface area contributed by atoms with Gasteiger partial charge in [0.15, 0.2) is 11.5 Å². The van der Waals surface area contributed by atoms with E-state index in [9.17, 15) is 10.1 Å². The van der Waals surface area contributed by atoms with Gasteiger partial charge in [0.05, 0.1) is 50.7 Å². The molecule has 0 unspecified atom stereocenters. The van der Waals surface area contributed by atoms with Gasteiger partial charge in [-0.05, 0) is 48.4 Å². The Morgan fingerprint density at radius 3 is 2.32 bits per heavy atom. The summed E-state index contributed by atoms with van der Waals surface area (Å²) in [5.41, 5.74) is 10.2. The zero-order valence-corrected chi connectivity index (χ0v) is 20.9. The highest BCUT2D eigenvalue weighted by Gasteiger charge is 2.22. The van der Waals surface area contributed by atoms with Crippen LogP contribution in [0.3, 0.4) is 0 Å². The van der Waals surface area contributed by atoms with Crippen molar-refractivity contribution >= 4 is 27.6 Å². The molecule has 5 aromatic rings. The summed E-state index contributed by atoms with van der Waals surface area (Å²) in [6, 6.07) is 18.5. The first kappa shape index (κ1) is 23.8. The van der Waals surface area contributed by atoms with E-state index in [1.165, 1.54) is 4.68 Å². The van der Waals surface area contributed by atoms with E-state index in [1.54, 1.807) is 50.2 Å². The van der Waals surface area contributed by atoms with Crippen molar-refractivity contribution in [2.45, 2.75) is 13.5 Å². The highest BCUT2D eigenvalue weighted by atomic mass is 16.5. The number of nitrogens with zero attached hydrogens (tertiary/aromatic N) is 4. The second kappa shape index (κ2) is 9.24. The summed E-state index contributed by atoms with van der Waals surface area (Å²) in [5, 5.41) is 15.1. The number of nitrogens with two attached hydrogens (primary N) is 1. The van der Waals surface area contributed by atoms with Crippen LogP contribution < -0.4 is 25.5 Å². The molecule has 3 aromatic carbocycles. The average molecular weight is 496 g/mol. The van der Waals surface area contributed by atoms with Crippen molar-refractivity contribution < 1.29 is 14.2 Å². The van der Waals surface area contributed by atoms with E-state index in [0.717, 1.165) is 16.9 Å². The Balaban J connectivity index is 1.85. The summed E-state index contributed by atoms with van der Waals surface area (Å²) < 4.78 is 19.5. The monoisotopic (exact) mass is 495 g/mol. The summed E-state index contributed by atoms with van der Waals surface area (Å²) in [6.07, 6.45) is 0. The Bertz CT molecular complexity index is 1760. The van der Waals surface area contributed by atoms with Gasteiger partial charge < -0.3 is 24.5 Å². The Morgan fingerprint density at radius 1 is 0.973 bits per heavy atom. The summed E-state index contributed by atoms with van der Waals surface area (Å²) in [6.45, 7) is 2.19. The van der Waals surface area contributed by atoms with Crippen molar-refractivity contribution in [3.8, 4) is 29.0 Å². The summed E-state index contributed by atoms with van der Waals surface area (Å²) in [7, 11) is 4.71. The van der Waals surface area contributed by atoms with Gasteiger partial charge in [-0.25, -0.2) is 4.68 Å². The van der Waals surface area contributed by atoms with E-state index in [4.69, 9.17) is 25.0 Å². The molecule has 0 saturated heterocycles. The fraction of sp³-hybridized carbons (Fsp3) is 0.179. The maximum atomic E-state index is 14.0. The lowest BCUT2D eigenvalue weighted by Gasteiger charge is -2.15. The number of nitrogen functional groups attached to an aromatic ring is 1. The van der Waals surface area contributed by atoms with Crippen LogP contribution in [0.5, 0.6) is 17.2 Å². The zero-order chi connectivity index (χ0) is 26.3. The van der Waals surface area contributed by atoms with E-state index in [2.05, 4.69) is 6.07 Å². The minimum absolute atomic E-state index is 0.193. The molecule has 0 aliphatic carbocycles. The minimum atomic E-state index is -0.289. The first-order valence-corrected chi connectivity index (χ1v) is 11.5. The first-order chi connectivity index (χ1) is 17.9. The van der Waals surface area contributed by atoms with E-state index >= 15 is 0 Å². The maximum absolute atomic E-state index is 14.0. The highest BCUT2D eigenvalue weighted by molar-refractivity contribution is 6.08. The smallest absolute Gasteiger partial charge is 0.264 e. The quantitative estimate of drug-likeness (QED) is 0.376. The van der Waals surface area contributed by atoms with Crippen molar-refractivity contribution in [1.29, 1.82) is 5.26 Å². The second-order valence-electron chi connectivity index (χ2n) is 8.60. The molecule has 0 spiro atoms. The number of hydrogen-bond donors (Lipinski definition) is 1. The van der Waals surface area contributed by atoms with Crippen LogP contribution in [0.15, 0.2) is 59.4 Å². The lowest BCUT2D eigenvalue weighted by atomic mass is 10.1. The van der Waals surface area contributed by atoms with Crippen LogP contribution in [-0.2, 0) is 6.54 Å². The number of ether oxygens (including phenoxy) is 3. The van der Waals surface area contributed by atoms with Gasteiger partial charge in [0.1, 0.15) is 22.5 Å². The molecule has 0 amide bonds. The molecule has 186 valence electrons. The van der Waals surface area contributed by atoms with Crippen molar-refractivity contribution in [3.63, 3.8) is 0 Å². The van der Waals surface area contributed by atoms with Gasteiger partial charge in [0.2, 0.25) is 0 Å². The summed E-state index contributed by atoms with van der Waals surface area (Å²) >= 11 is 0. The van der Waals surface area contributed by atoms with Gasteiger partial charge in [0.25, 0.3) is 5.56 Å². The lowest BCUT2D eigenvalue weighted by Crippen LogP contribution is -2.22. The van der Waals surface area contributed by atoms with E-state index < -0.39 is 0 Å². The van der Waals surface area contributed by atoms with Gasteiger partial charge in [-0.2, -0.15) is 10.4 Å². The largest absolute Gasteiger partial charge is 0.497 e. The molecule has 5 rings (SSSR count). The third-order valence-electron chi connectivity index (χ3n) is 6.49.